The molecule has 2 aromatic heterocycles. The number of carbonyl (C=O) groups is 3. The Hall–Kier alpha value is -4.96. The molecule has 3 aromatic carbocycles. The molecule has 0 fully saturated rings. The third kappa shape index (κ3) is 5.65. The van der Waals surface area contributed by atoms with Crippen molar-refractivity contribution in [2.24, 2.45) is 0 Å². The molecule has 2 heterocycles. The molecule has 0 bridgehead atoms. The number of carboxylic acid groups (broad SMARTS) is 1. The Balaban J connectivity index is 1.37. The third-order valence-corrected chi connectivity index (χ3v) is 6.37. The predicted octanol–water partition coefficient (Wildman–Crippen LogP) is 5.03. The molecule has 0 saturated heterocycles. The summed E-state index contributed by atoms with van der Waals surface area (Å²) in [6.45, 7) is 0. The molecule has 39 heavy (non-hydrogen) atoms. The zero-order chi connectivity index (χ0) is 27.5. The number of carbonyl (C=O) groups excluding carboxylic acids is 2. The van der Waals surface area contributed by atoms with E-state index in [1.165, 1.54) is 24.3 Å². The molecule has 0 unspecified atom stereocenters. The number of rotatable bonds is 8. The van der Waals surface area contributed by atoms with Gasteiger partial charge in [-0.1, -0.05) is 48.0 Å². The zero-order valence-corrected chi connectivity index (χ0v) is 20.9. The maximum Gasteiger partial charge on any atom is 0.352 e. The molecule has 5 rings (SSSR count). The second-order valence-electron chi connectivity index (χ2n) is 8.76. The molecule has 11 heteroatoms. The lowest BCUT2D eigenvalue weighted by Gasteiger charge is -2.18. The summed E-state index contributed by atoms with van der Waals surface area (Å²) in [6, 6.07) is 20.4. The van der Waals surface area contributed by atoms with Gasteiger partial charge in [0, 0.05) is 28.6 Å². The highest BCUT2D eigenvalue weighted by Crippen LogP contribution is 2.26. The van der Waals surface area contributed by atoms with Gasteiger partial charge in [0.25, 0.3) is 5.91 Å². The summed E-state index contributed by atoms with van der Waals surface area (Å²) in [5, 5.41) is 21.9. The summed E-state index contributed by atoms with van der Waals surface area (Å²) in [5.41, 5.74) is 2.22. The van der Waals surface area contributed by atoms with Crippen LogP contribution in [-0.4, -0.2) is 44.1 Å². The van der Waals surface area contributed by atoms with Gasteiger partial charge >= 0.3 is 5.97 Å². The van der Waals surface area contributed by atoms with Gasteiger partial charge in [-0.3, -0.25) is 14.7 Å². The van der Waals surface area contributed by atoms with Gasteiger partial charge in [0.1, 0.15) is 17.4 Å². The third-order valence-electron chi connectivity index (χ3n) is 6.07. The first kappa shape index (κ1) is 25.7. The van der Waals surface area contributed by atoms with E-state index in [-0.39, 0.29) is 34.1 Å². The van der Waals surface area contributed by atoms with Crippen LogP contribution in [0.5, 0.6) is 0 Å². The number of nitrogens with zero attached hydrogens (tertiary/aromatic N) is 1. The fraction of sp³-hybridized carbons (Fsp3) is 0.0714. The number of amides is 2. The molecule has 0 aliphatic rings. The summed E-state index contributed by atoms with van der Waals surface area (Å²) >= 11 is 5.86. The highest BCUT2D eigenvalue weighted by Gasteiger charge is 2.24. The number of aromatic nitrogens is 3. The molecule has 196 valence electrons. The molecule has 0 spiro atoms. The van der Waals surface area contributed by atoms with Crippen LogP contribution >= 0.6 is 11.6 Å². The van der Waals surface area contributed by atoms with Gasteiger partial charge in [0.15, 0.2) is 5.82 Å². The minimum Gasteiger partial charge on any atom is -0.477 e. The van der Waals surface area contributed by atoms with Crippen LogP contribution in [0.3, 0.4) is 0 Å². The SMILES string of the molecule is O=C(O)c1cc2cc(NC(=O)[C@H](Cc3ccccc3)NC(=O)c3cc(-c4cccc(Cl)c4F)n[nH]3)ccc2[nH]1. The number of fused-ring (bicyclic) bond motifs is 1. The van der Waals surface area contributed by atoms with Crippen LogP contribution in [0.1, 0.15) is 26.5 Å². The Kier molecular flexibility index (Phi) is 7.11. The van der Waals surface area contributed by atoms with Gasteiger partial charge in [-0.05, 0) is 48.0 Å². The lowest BCUT2D eigenvalue weighted by Crippen LogP contribution is -2.45. The number of halogens is 2. The number of H-pyrrole nitrogens is 2. The summed E-state index contributed by atoms with van der Waals surface area (Å²) in [6.07, 6.45) is 0.192. The monoisotopic (exact) mass is 545 g/mol. The highest BCUT2D eigenvalue weighted by atomic mass is 35.5. The minimum atomic E-state index is -1.09. The van der Waals surface area contributed by atoms with Crippen molar-refractivity contribution in [3.05, 3.63) is 107 Å². The fourth-order valence-electron chi connectivity index (χ4n) is 4.13. The van der Waals surface area contributed by atoms with E-state index in [4.69, 9.17) is 11.6 Å². The summed E-state index contributed by atoms with van der Waals surface area (Å²) in [4.78, 5) is 40.5. The second kappa shape index (κ2) is 10.8. The van der Waals surface area contributed by atoms with Gasteiger partial charge < -0.3 is 20.7 Å². The summed E-state index contributed by atoms with van der Waals surface area (Å²) in [5.74, 6) is -2.85. The molecule has 5 aromatic rings. The standard InChI is InChI=1S/C28H21ClFN5O4/c29-19-8-4-7-18(25(19)30)21-14-23(35-34-21)27(37)33-22(11-15-5-2-1-3-6-15)26(36)31-17-9-10-20-16(12-17)13-24(32-20)28(38)39/h1-10,12-14,22,32H,11H2,(H,31,36)(H,33,37)(H,34,35)(H,38,39)/t22-/m0/s1. The number of aromatic carboxylic acids is 1. The number of benzene rings is 3. The fourth-order valence-corrected chi connectivity index (χ4v) is 4.30. The average Bonchev–Trinajstić information content (AvgIpc) is 3.58. The van der Waals surface area contributed by atoms with Crippen LogP contribution in [0.4, 0.5) is 10.1 Å². The van der Waals surface area contributed by atoms with E-state index < -0.39 is 29.6 Å². The Bertz CT molecular complexity index is 1700. The molecular weight excluding hydrogens is 525 g/mol. The number of carboxylic acids is 1. The Morgan fingerprint density at radius 2 is 1.77 bits per heavy atom. The second-order valence-corrected chi connectivity index (χ2v) is 9.17. The Morgan fingerprint density at radius 3 is 2.54 bits per heavy atom. The first-order chi connectivity index (χ1) is 18.8. The lowest BCUT2D eigenvalue weighted by molar-refractivity contribution is -0.118. The lowest BCUT2D eigenvalue weighted by atomic mass is 10.0. The van der Waals surface area contributed by atoms with Crippen LogP contribution < -0.4 is 10.6 Å². The van der Waals surface area contributed by atoms with Crippen molar-refractivity contribution in [1.82, 2.24) is 20.5 Å². The maximum atomic E-state index is 14.4. The smallest absolute Gasteiger partial charge is 0.352 e. The molecule has 0 aliphatic carbocycles. The van der Waals surface area contributed by atoms with Crippen molar-refractivity contribution in [3.63, 3.8) is 0 Å². The molecule has 5 N–H and O–H groups in total. The van der Waals surface area contributed by atoms with Crippen LogP contribution in [0.2, 0.25) is 5.02 Å². The minimum absolute atomic E-state index is 0.0271. The van der Waals surface area contributed by atoms with Crippen LogP contribution in [0.25, 0.3) is 22.2 Å². The molecule has 0 saturated carbocycles. The van der Waals surface area contributed by atoms with E-state index in [0.29, 0.717) is 16.6 Å². The van der Waals surface area contributed by atoms with Crippen LogP contribution in [0.15, 0.2) is 78.9 Å². The number of nitrogens with one attached hydrogen (secondary N) is 4. The average molecular weight is 546 g/mol. The van der Waals surface area contributed by atoms with Crippen molar-refractivity contribution in [2.45, 2.75) is 12.5 Å². The van der Waals surface area contributed by atoms with E-state index in [0.717, 1.165) is 5.56 Å². The molecule has 0 radical (unpaired) electrons. The van der Waals surface area contributed by atoms with Crippen molar-refractivity contribution in [1.29, 1.82) is 0 Å². The largest absolute Gasteiger partial charge is 0.477 e. The van der Waals surface area contributed by atoms with Gasteiger partial charge in [-0.15, -0.1) is 0 Å². The van der Waals surface area contributed by atoms with Crippen LogP contribution in [-0.2, 0) is 11.2 Å². The molecule has 1 atom stereocenters. The molecule has 0 aliphatic heterocycles. The summed E-state index contributed by atoms with van der Waals surface area (Å²) in [7, 11) is 0. The van der Waals surface area contributed by atoms with Gasteiger partial charge in [-0.25, -0.2) is 9.18 Å². The van der Waals surface area contributed by atoms with E-state index in [2.05, 4.69) is 25.8 Å². The number of hydrogen-bond acceptors (Lipinski definition) is 4. The Labute approximate surface area is 226 Å². The van der Waals surface area contributed by atoms with E-state index in [1.807, 2.05) is 30.3 Å². The normalized spacial score (nSPS) is 11.7. The molecule has 9 nitrogen and oxygen atoms in total. The highest BCUT2D eigenvalue weighted by molar-refractivity contribution is 6.31. The van der Waals surface area contributed by atoms with Crippen LogP contribution in [0, 0.1) is 5.82 Å². The van der Waals surface area contributed by atoms with Gasteiger partial charge in [-0.2, -0.15) is 5.10 Å². The molecule has 2 amide bonds. The van der Waals surface area contributed by atoms with Crippen molar-refractivity contribution in [2.75, 3.05) is 5.32 Å². The maximum absolute atomic E-state index is 14.4. The van der Waals surface area contributed by atoms with Gasteiger partial charge in [0.2, 0.25) is 5.91 Å². The Morgan fingerprint density at radius 1 is 0.974 bits per heavy atom. The predicted molar refractivity (Wildman–Crippen MR) is 144 cm³/mol. The molecular formula is C28H21ClFN5O4. The topological polar surface area (TPSA) is 140 Å². The van der Waals surface area contributed by atoms with E-state index >= 15 is 0 Å². The number of hydrogen-bond donors (Lipinski definition) is 5. The van der Waals surface area contributed by atoms with E-state index in [1.54, 1.807) is 24.3 Å². The number of anilines is 1. The first-order valence-electron chi connectivity index (χ1n) is 11.8. The zero-order valence-electron chi connectivity index (χ0n) is 20.2. The summed E-state index contributed by atoms with van der Waals surface area (Å²) < 4.78 is 14.4. The number of aromatic amines is 2. The van der Waals surface area contributed by atoms with Crippen molar-refractivity contribution >= 4 is 46.0 Å². The van der Waals surface area contributed by atoms with E-state index in [9.17, 15) is 23.9 Å². The van der Waals surface area contributed by atoms with Crippen molar-refractivity contribution < 1.29 is 23.9 Å². The quantitative estimate of drug-likeness (QED) is 0.186. The van der Waals surface area contributed by atoms with Crippen molar-refractivity contribution in [3.8, 4) is 11.3 Å². The first-order valence-corrected chi connectivity index (χ1v) is 12.2. The van der Waals surface area contributed by atoms with Gasteiger partial charge in [0.05, 0.1) is 10.7 Å².